The van der Waals surface area contributed by atoms with Crippen molar-refractivity contribution in [2.75, 3.05) is 0 Å². The third kappa shape index (κ3) is 4.35. The smallest absolute Gasteiger partial charge is 0.323 e. The first-order valence-electron chi connectivity index (χ1n) is 7.14. The molecular formula is C15H20BrNO4. The fourth-order valence-corrected chi connectivity index (χ4v) is 3.00. The van der Waals surface area contributed by atoms with Gasteiger partial charge in [0.15, 0.2) is 11.5 Å². The largest absolute Gasteiger partial charge is 0.504 e. The van der Waals surface area contributed by atoms with Crippen molar-refractivity contribution in [1.82, 2.24) is 0 Å². The summed E-state index contributed by atoms with van der Waals surface area (Å²) in [4.78, 5) is 12.0. The molecular weight excluding hydrogens is 338 g/mol. The van der Waals surface area contributed by atoms with Gasteiger partial charge >= 0.3 is 5.97 Å². The Kier molecular flexibility index (Phi) is 5.47. The van der Waals surface area contributed by atoms with Gasteiger partial charge in [-0.15, -0.1) is 0 Å². The van der Waals surface area contributed by atoms with E-state index in [1.165, 1.54) is 18.6 Å². The Hall–Kier alpha value is -1.27. The average molecular weight is 358 g/mol. The molecule has 1 fully saturated rings. The van der Waals surface area contributed by atoms with Gasteiger partial charge in [-0.3, -0.25) is 4.79 Å². The van der Waals surface area contributed by atoms with Crippen molar-refractivity contribution in [3.63, 3.8) is 0 Å². The van der Waals surface area contributed by atoms with Crippen LogP contribution in [0.4, 0.5) is 0 Å². The van der Waals surface area contributed by atoms with E-state index in [0.29, 0.717) is 10.0 Å². The van der Waals surface area contributed by atoms with Crippen molar-refractivity contribution in [2.45, 2.75) is 50.7 Å². The van der Waals surface area contributed by atoms with Gasteiger partial charge in [0.05, 0.1) is 0 Å². The van der Waals surface area contributed by atoms with E-state index in [9.17, 15) is 15.0 Å². The number of carbonyl (C=O) groups is 1. The highest BCUT2D eigenvalue weighted by atomic mass is 79.9. The number of phenols is 2. The molecule has 1 atom stereocenters. The van der Waals surface area contributed by atoms with Crippen LogP contribution in [0.15, 0.2) is 16.6 Å². The Bertz CT molecular complexity index is 515. The van der Waals surface area contributed by atoms with Crippen LogP contribution in [-0.4, -0.2) is 28.3 Å². The monoisotopic (exact) mass is 357 g/mol. The summed E-state index contributed by atoms with van der Waals surface area (Å²) in [6.45, 7) is 0. The molecule has 1 aliphatic rings. The molecule has 2 rings (SSSR count). The second-order valence-corrected chi connectivity index (χ2v) is 6.29. The first-order chi connectivity index (χ1) is 9.97. The number of hydrogen-bond acceptors (Lipinski definition) is 5. The van der Waals surface area contributed by atoms with E-state index < -0.39 is 12.0 Å². The van der Waals surface area contributed by atoms with Gasteiger partial charge in [0.25, 0.3) is 0 Å². The molecule has 0 aromatic heterocycles. The molecule has 0 unspecified atom stereocenters. The summed E-state index contributed by atoms with van der Waals surface area (Å²) < 4.78 is 6.02. The molecule has 0 bridgehead atoms. The van der Waals surface area contributed by atoms with Crippen molar-refractivity contribution in [3.05, 3.63) is 22.2 Å². The number of benzene rings is 1. The number of hydrogen-bond donors (Lipinski definition) is 3. The van der Waals surface area contributed by atoms with Gasteiger partial charge in [0.1, 0.15) is 12.1 Å². The number of halogens is 1. The summed E-state index contributed by atoms with van der Waals surface area (Å²) in [5.74, 6) is -0.869. The lowest BCUT2D eigenvalue weighted by atomic mass is 9.97. The van der Waals surface area contributed by atoms with Gasteiger partial charge in [-0.05, 0) is 49.8 Å². The number of carbonyl (C=O) groups excluding carboxylic acids is 1. The first kappa shape index (κ1) is 16.1. The zero-order valence-electron chi connectivity index (χ0n) is 11.7. The Morgan fingerprint density at radius 2 is 1.90 bits per heavy atom. The van der Waals surface area contributed by atoms with Crippen LogP contribution in [0.25, 0.3) is 0 Å². The summed E-state index contributed by atoms with van der Waals surface area (Å²) in [5, 5.41) is 18.9. The second kappa shape index (κ2) is 7.13. The minimum atomic E-state index is -0.785. The standard InChI is InChI=1S/C15H20BrNO4/c16-11-8-14(19)13(18)7-9(11)6-12(17)15(20)21-10-4-2-1-3-5-10/h7-8,10,12,18-19H,1-6,17H2/t12-/m0/s1. The van der Waals surface area contributed by atoms with E-state index in [1.54, 1.807) is 0 Å². The molecule has 1 aromatic rings. The highest BCUT2D eigenvalue weighted by molar-refractivity contribution is 9.10. The van der Waals surface area contributed by atoms with Crippen LogP contribution in [0.1, 0.15) is 37.7 Å². The molecule has 0 radical (unpaired) electrons. The van der Waals surface area contributed by atoms with Crippen molar-refractivity contribution < 1.29 is 19.7 Å². The molecule has 0 heterocycles. The molecule has 1 aromatic carbocycles. The molecule has 1 saturated carbocycles. The highest BCUT2D eigenvalue weighted by Gasteiger charge is 2.23. The maximum atomic E-state index is 12.0. The highest BCUT2D eigenvalue weighted by Crippen LogP contribution is 2.32. The van der Waals surface area contributed by atoms with Crippen LogP contribution in [0.2, 0.25) is 0 Å². The lowest BCUT2D eigenvalue weighted by molar-refractivity contribution is -0.152. The Balaban J connectivity index is 1.95. The Labute approximate surface area is 132 Å². The van der Waals surface area contributed by atoms with Crippen LogP contribution < -0.4 is 5.73 Å². The fourth-order valence-electron chi connectivity index (χ4n) is 2.51. The number of phenolic OH excluding ortho intramolecular Hbond substituents is 2. The second-order valence-electron chi connectivity index (χ2n) is 5.44. The zero-order valence-corrected chi connectivity index (χ0v) is 13.3. The lowest BCUT2D eigenvalue weighted by Gasteiger charge is -2.23. The SMILES string of the molecule is N[C@@H](Cc1cc(O)c(O)cc1Br)C(=O)OC1CCCCC1. The number of rotatable bonds is 4. The molecule has 0 amide bonds. The van der Waals surface area contributed by atoms with Gasteiger partial charge in [-0.2, -0.15) is 0 Å². The minimum absolute atomic E-state index is 0.0195. The quantitative estimate of drug-likeness (QED) is 0.568. The van der Waals surface area contributed by atoms with Crippen LogP contribution in [0.5, 0.6) is 11.5 Å². The van der Waals surface area contributed by atoms with Crippen LogP contribution >= 0.6 is 15.9 Å². The zero-order chi connectivity index (χ0) is 15.4. The minimum Gasteiger partial charge on any atom is -0.504 e. The molecule has 116 valence electrons. The van der Waals surface area contributed by atoms with Crippen LogP contribution in [0.3, 0.4) is 0 Å². The summed E-state index contributed by atoms with van der Waals surface area (Å²) in [6.07, 6.45) is 5.40. The fraction of sp³-hybridized carbons (Fsp3) is 0.533. The van der Waals surface area contributed by atoms with Crippen molar-refractivity contribution in [1.29, 1.82) is 0 Å². The van der Waals surface area contributed by atoms with Crippen molar-refractivity contribution >= 4 is 21.9 Å². The predicted octanol–water partition coefficient (Wildman–Crippen LogP) is 2.61. The molecule has 0 aliphatic heterocycles. The predicted molar refractivity (Wildman–Crippen MR) is 82.1 cm³/mol. The van der Waals surface area contributed by atoms with Gasteiger partial charge in [0, 0.05) is 4.47 Å². The van der Waals surface area contributed by atoms with Gasteiger partial charge in [-0.25, -0.2) is 0 Å². The van der Waals surface area contributed by atoms with Gasteiger partial charge < -0.3 is 20.7 Å². The summed E-state index contributed by atoms with van der Waals surface area (Å²) in [7, 11) is 0. The maximum Gasteiger partial charge on any atom is 0.323 e. The third-order valence-electron chi connectivity index (χ3n) is 3.72. The van der Waals surface area contributed by atoms with E-state index in [4.69, 9.17) is 10.5 Å². The van der Waals surface area contributed by atoms with Crippen molar-refractivity contribution in [3.8, 4) is 11.5 Å². The summed E-state index contributed by atoms with van der Waals surface area (Å²) in [5.41, 5.74) is 6.54. The van der Waals surface area contributed by atoms with Gasteiger partial charge in [-0.1, -0.05) is 22.4 Å². The first-order valence-corrected chi connectivity index (χ1v) is 7.93. The van der Waals surface area contributed by atoms with E-state index in [-0.39, 0.29) is 24.0 Å². The molecule has 1 aliphatic carbocycles. The van der Waals surface area contributed by atoms with Crippen molar-refractivity contribution in [2.24, 2.45) is 5.73 Å². The number of aromatic hydroxyl groups is 2. The molecule has 21 heavy (non-hydrogen) atoms. The number of nitrogens with two attached hydrogens (primary N) is 1. The molecule has 0 spiro atoms. The summed E-state index contributed by atoms with van der Waals surface area (Å²) in [6, 6.07) is 1.99. The summed E-state index contributed by atoms with van der Waals surface area (Å²) >= 11 is 3.28. The average Bonchev–Trinajstić information content (AvgIpc) is 2.45. The van der Waals surface area contributed by atoms with E-state index >= 15 is 0 Å². The van der Waals surface area contributed by atoms with Crippen LogP contribution in [-0.2, 0) is 16.0 Å². The molecule has 4 N–H and O–H groups in total. The van der Waals surface area contributed by atoms with E-state index in [2.05, 4.69) is 15.9 Å². The van der Waals surface area contributed by atoms with Gasteiger partial charge in [0.2, 0.25) is 0 Å². The molecule has 0 saturated heterocycles. The van der Waals surface area contributed by atoms with Crippen LogP contribution in [0, 0.1) is 0 Å². The van der Waals surface area contributed by atoms with E-state index in [1.807, 2.05) is 0 Å². The third-order valence-corrected chi connectivity index (χ3v) is 4.46. The van der Waals surface area contributed by atoms with E-state index in [0.717, 1.165) is 25.7 Å². The maximum absolute atomic E-state index is 12.0. The Morgan fingerprint density at radius 3 is 2.57 bits per heavy atom. The number of ether oxygens (including phenoxy) is 1. The molecule has 5 nitrogen and oxygen atoms in total. The molecule has 6 heteroatoms. The topological polar surface area (TPSA) is 92.8 Å². The lowest BCUT2D eigenvalue weighted by Crippen LogP contribution is -2.37. The number of esters is 1. The Morgan fingerprint density at radius 1 is 1.29 bits per heavy atom. The normalized spacial score (nSPS) is 17.4.